The third kappa shape index (κ3) is 6.92. The first-order valence-corrected chi connectivity index (χ1v) is 9.52. The number of nitrogens with one attached hydrogen (secondary N) is 1. The van der Waals surface area contributed by atoms with Crippen molar-refractivity contribution in [3.05, 3.63) is 48.0 Å². The van der Waals surface area contributed by atoms with Crippen LogP contribution in [0.2, 0.25) is 0 Å². The quantitative estimate of drug-likeness (QED) is 0.560. The topological polar surface area (TPSA) is 64.6 Å². The molecule has 1 aliphatic heterocycles. The van der Waals surface area contributed by atoms with E-state index in [2.05, 4.69) is 5.32 Å². The minimum atomic E-state index is -0.761. The molecule has 1 heterocycles. The molecule has 1 N–H and O–H groups in total. The van der Waals surface area contributed by atoms with E-state index in [0.717, 1.165) is 12.0 Å². The van der Waals surface area contributed by atoms with E-state index in [9.17, 15) is 9.59 Å². The molecule has 1 atom stereocenters. The number of ketones is 1. The summed E-state index contributed by atoms with van der Waals surface area (Å²) in [7, 11) is 0. The fourth-order valence-corrected chi connectivity index (χ4v) is 2.90. The summed E-state index contributed by atoms with van der Waals surface area (Å²) in [6.07, 6.45) is 4.70. The Morgan fingerprint density at radius 1 is 1.19 bits per heavy atom. The minimum Gasteiger partial charge on any atom is -0.354 e. The highest BCUT2D eigenvalue weighted by Gasteiger charge is 2.45. The Morgan fingerprint density at radius 2 is 1.89 bits per heavy atom. The molecule has 2 rings (SSSR count). The average molecular weight is 373 g/mol. The second-order valence-electron chi connectivity index (χ2n) is 8.11. The molecule has 0 aliphatic carbocycles. The summed E-state index contributed by atoms with van der Waals surface area (Å²) in [4.78, 5) is 24.4. The van der Waals surface area contributed by atoms with Gasteiger partial charge in [0, 0.05) is 18.4 Å². The van der Waals surface area contributed by atoms with Gasteiger partial charge in [-0.3, -0.25) is 9.59 Å². The van der Waals surface area contributed by atoms with Gasteiger partial charge in [-0.15, -0.1) is 0 Å². The molecule has 1 aliphatic rings. The Morgan fingerprint density at radius 3 is 2.59 bits per heavy atom. The van der Waals surface area contributed by atoms with E-state index in [-0.39, 0.29) is 17.1 Å². The molecule has 0 saturated carbocycles. The Kier molecular flexibility index (Phi) is 7.33. The normalized spacial score (nSPS) is 21.1. The highest BCUT2D eigenvalue weighted by Crippen LogP contribution is 2.34. The lowest BCUT2D eigenvalue weighted by molar-refractivity contribution is -0.304. The molecule has 1 aromatic rings. The van der Waals surface area contributed by atoms with E-state index >= 15 is 0 Å². The zero-order chi connectivity index (χ0) is 19.9. The number of carbonyl (C=O) groups excluding carboxylic acids is 2. The molecule has 0 bridgehead atoms. The van der Waals surface area contributed by atoms with Crippen molar-refractivity contribution in [2.45, 2.75) is 58.8 Å². The average Bonchev–Trinajstić information content (AvgIpc) is 2.62. The standard InChI is InChI=1S/C22H31NO4/c1-21(2)16-26-22(3,4)27-19(21)20(25)23-15-9-8-12-18(24)14-13-17-10-6-5-7-11-17/h5-8,10-12,19H,9,13-16H2,1-4H3,(H,23,25)/b12-8+/t19-/m0/s1. The first-order valence-electron chi connectivity index (χ1n) is 9.52. The van der Waals surface area contributed by atoms with Gasteiger partial charge in [0.15, 0.2) is 11.6 Å². The number of carbonyl (C=O) groups is 2. The van der Waals surface area contributed by atoms with E-state index < -0.39 is 11.9 Å². The van der Waals surface area contributed by atoms with Crippen molar-refractivity contribution in [3.8, 4) is 0 Å². The molecule has 0 radical (unpaired) electrons. The van der Waals surface area contributed by atoms with Crippen LogP contribution in [0.5, 0.6) is 0 Å². The molecule has 0 aromatic heterocycles. The van der Waals surface area contributed by atoms with Crippen LogP contribution in [0.3, 0.4) is 0 Å². The van der Waals surface area contributed by atoms with Crippen LogP contribution in [0.15, 0.2) is 42.5 Å². The fraction of sp³-hybridized carbons (Fsp3) is 0.545. The molecule has 148 valence electrons. The first kappa shape index (κ1) is 21.3. The van der Waals surface area contributed by atoms with E-state index in [1.54, 1.807) is 6.08 Å². The lowest BCUT2D eigenvalue weighted by atomic mass is 9.85. The molecule has 1 amide bonds. The molecule has 5 heteroatoms. The van der Waals surface area contributed by atoms with Gasteiger partial charge in [-0.2, -0.15) is 0 Å². The van der Waals surface area contributed by atoms with Crippen molar-refractivity contribution >= 4 is 11.7 Å². The van der Waals surface area contributed by atoms with Gasteiger partial charge < -0.3 is 14.8 Å². The van der Waals surface area contributed by atoms with Gasteiger partial charge in [0.05, 0.1) is 6.61 Å². The number of hydrogen-bond acceptors (Lipinski definition) is 4. The number of hydrogen-bond donors (Lipinski definition) is 1. The third-order valence-electron chi connectivity index (χ3n) is 4.56. The fourth-order valence-electron chi connectivity index (χ4n) is 2.90. The zero-order valence-corrected chi connectivity index (χ0v) is 16.8. The second kappa shape index (κ2) is 9.29. The van der Waals surface area contributed by atoms with E-state index in [1.807, 2.05) is 64.1 Å². The summed E-state index contributed by atoms with van der Waals surface area (Å²) in [6, 6.07) is 9.96. The number of ether oxygens (including phenoxy) is 2. The van der Waals surface area contributed by atoms with Gasteiger partial charge >= 0.3 is 0 Å². The van der Waals surface area contributed by atoms with E-state index in [4.69, 9.17) is 9.47 Å². The minimum absolute atomic E-state index is 0.0980. The van der Waals surface area contributed by atoms with Crippen LogP contribution in [0.25, 0.3) is 0 Å². The summed E-state index contributed by atoms with van der Waals surface area (Å²) in [5.41, 5.74) is 0.775. The van der Waals surface area contributed by atoms with Crippen LogP contribution >= 0.6 is 0 Å². The first-order chi connectivity index (χ1) is 12.7. The Labute approximate surface area is 162 Å². The monoisotopic (exact) mass is 373 g/mol. The van der Waals surface area contributed by atoms with Crippen LogP contribution in [0.1, 0.15) is 46.1 Å². The molecule has 0 spiro atoms. The molecule has 5 nitrogen and oxygen atoms in total. The van der Waals surface area contributed by atoms with Crippen LogP contribution in [0.4, 0.5) is 0 Å². The SMILES string of the molecule is CC1(C)OCC(C)(C)[C@H](C(=O)NCC/C=C/C(=O)CCc2ccccc2)O1. The number of amides is 1. The van der Waals surface area contributed by atoms with E-state index in [1.165, 1.54) is 0 Å². The molecular formula is C22H31NO4. The van der Waals surface area contributed by atoms with Gasteiger partial charge in [-0.05, 0) is 38.3 Å². The number of rotatable bonds is 8. The maximum absolute atomic E-state index is 12.5. The van der Waals surface area contributed by atoms with Crippen LogP contribution in [0, 0.1) is 5.41 Å². The Hall–Kier alpha value is -1.98. The second-order valence-corrected chi connectivity index (χ2v) is 8.11. The number of allylic oxidation sites excluding steroid dienone is 1. The summed E-state index contributed by atoms with van der Waals surface area (Å²) in [5, 5.41) is 2.90. The van der Waals surface area contributed by atoms with E-state index in [0.29, 0.717) is 26.0 Å². The van der Waals surface area contributed by atoms with Crippen molar-refractivity contribution in [3.63, 3.8) is 0 Å². The van der Waals surface area contributed by atoms with Crippen LogP contribution in [-0.2, 0) is 25.5 Å². The van der Waals surface area contributed by atoms with Crippen molar-refractivity contribution in [1.29, 1.82) is 0 Å². The van der Waals surface area contributed by atoms with Gasteiger partial charge in [-0.1, -0.05) is 50.3 Å². The summed E-state index contributed by atoms with van der Waals surface area (Å²) in [6.45, 7) is 8.47. The zero-order valence-electron chi connectivity index (χ0n) is 16.8. The van der Waals surface area contributed by atoms with Crippen molar-refractivity contribution in [1.82, 2.24) is 5.32 Å². The third-order valence-corrected chi connectivity index (χ3v) is 4.56. The molecule has 27 heavy (non-hydrogen) atoms. The van der Waals surface area contributed by atoms with Gasteiger partial charge in [0.25, 0.3) is 0 Å². The molecule has 0 unspecified atom stereocenters. The van der Waals surface area contributed by atoms with Crippen molar-refractivity contribution in [2.24, 2.45) is 5.41 Å². The number of benzene rings is 1. The van der Waals surface area contributed by atoms with Crippen LogP contribution < -0.4 is 5.32 Å². The molecular weight excluding hydrogens is 342 g/mol. The highest BCUT2D eigenvalue weighted by molar-refractivity contribution is 5.89. The van der Waals surface area contributed by atoms with Gasteiger partial charge in [0.2, 0.25) is 5.91 Å². The highest BCUT2D eigenvalue weighted by atomic mass is 16.7. The van der Waals surface area contributed by atoms with Crippen LogP contribution in [-0.4, -0.2) is 36.7 Å². The van der Waals surface area contributed by atoms with Crippen molar-refractivity contribution < 1.29 is 19.1 Å². The number of aryl methyl sites for hydroxylation is 1. The molecule has 1 fully saturated rings. The summed E-state index contributed by atoms with van der Waals surface area (Å²) >= 11 is 0. The summed E-state index contributed by atoms with van der Waals surface area (Å²) in [5.74, 6) is -0.802. The molecule has 1 saturated heterocycles. The van der Waals surface area contributed by atoms with Gasteiger partial charge in [-0.25, -0.2) is 0 Å². The summed E-state index contributed by atoms with van der Waals surface area (Å²) < 4.78 is 11.4. The maximum atomic E-state index is 12.5. The smallest absolute Gasteiger partial charge is 0.249 e. The Balaban J connectivity index is 1.70. The lowest BCUT2D eigenvalue weighted by Gasteiger charge is -2.44. The van der Waals surface area contributed by atoms with Gasteiger partial charge in [0.1, 0.15) is 6.10 Å². The van der Waals surface area contributed by atoms with Crippen molar-refractivity contribution in [2.75, 3.05) is 13.2 Å². The molecule has 1 aromatic carbocycles. The predicted octanol–water partition coefficient (Wildman–Crippen LogP) is 3.43. The largest absolute Gasteiger partial charge is 0.354 e. The maximum Gasteiger partial charge on any atom is 0.249 e. The predicted molar refractivity (Wildman–Crippen MR) is 105 cm³/mol. The Bertz CT molecular complexity index is 664. The lowest BCUT2D eigenvalue weighted by Crippen LogP contribution is -2.56.